The molecular formula is C20H22N6O. The van der Waals surface area contributed by atoms with Crippen molar-refractivity contribution in [2.24, 2.45) is 0 Å². The van der Waals surface area contributed by atoms with E-state index in [0.29, 0.717) is 30.1 Å². The van der Waals surface area contributed by atoms with Gasteiger partial charge in [0.05, 0.1) is 5.69 Å². The van der Waals surface area contributed by atoms with Gasteiger partial charge in [0.25, 0.3) is 0 Å². The number of nitrogens with one attached hydrogen (secondary N) is 1. The lowest BCUT2D eigenvalue weighted by atomic mass is 9.84. The summed E-state index contributed by atoms with van der Waals surface area (Å²) in [5.74, 6) is 1.83. The minimum Gasteiger partial charge on any atom is -0.411 e. The molecule has 0 saturated carbocycles. The second-order valence-electron chi connectivity index (χ2n) is 7.02. The summed E-state index contributed by atoms with van der Waals surface area (Å²) >= 11 is 0. The maximum atomic E-state index is 5.20. The maximum Gasteiger partial charge on any atom is 0.321 e. The monoisotopic (exact) mass is 362 g/mol. The summed E-state index contributed by atoms with van der Waals surface area (Å²) in [6, 6.07) is 10.7. The molecule has 7 nitrogen and oxygen atoms in total. The molecule has 2 aromatic heterocycles. The predicted octanol–water partition coefficient (Wildman–Crippen LogP) is 3.60. The molecule has 0 amide bonds. The third-order valence-corrected chi connectivity index (χ3v) is 4.55. The first-order valence-electron chi connectivity index (χ1n) is 8.96. The Morgan fingerprint density at radius 3 is 2.85 bits per heavy atom. The van der Waals surface area contributed by atoms with Gasteiger partial charge in [-0.05, 0) is 37.6 Å². The van der Waals surface area contributed by atoms with Gasteiger partial charge in [0.15, 0.2) is 5.82 Å². The summed E-state index contributed by atoms with van der Waals surface area (Å²) < 4.78 is 5.20. The van der Waals surface area contributed by atoms with Crippen molar-refractivity contribution in [2.45, 2.75) is 25.8 Å². The molecule has 0 bridgehead atoms. The molecule has 0 saturated heterocycles. The van der Waals surface area contributed by atoms with Crippen molar-refractivity contribution in [3.63, 3.8) is 0 Å². The minimum absolute atomic E-state index is 0.307. The molecule has 1 unspecified atom stereocenters. The highest BCUT2D eigenvalue weighted by molar-refractivity contribution is 5.80. The Hall–Kier alpha value is -3.06. The van der Waals surface area contributed by atoms with Gasteiger partial charge in [-0.3, -0.25) is 5.32 Å². The summed E-state index contributed by atoms with van der Waals surface area (Å²) in [5, 5.41) is 10.6. The molecule has 0 fully saturated rings. The van der Waals surface area contributed by atoms with Crippen LogP contribution >= 0.6 is 0 Å². The van der Waals surface area contributed by atoms with Crippen molar-refractivity contribution >= 4 is 17.4 Å². The fourth-order valence-corrected chi connectivity index (χ4v) is 3.34. The number of anilines is 2. The lowest BCUT2D eigenvalue weighted by Gasteiger charge is -2.23. The minimum atomic E-state index is 0.307. The van der Waals surface area contributed by atoms with E-state index < -0.39 is 0 Å². The number of aromatic nitrogens is 4. The lowest BCUT2D eigenvalue weighted by Crippen LogP contribution is -2.15. The zero-order chi connectivity index (χ0) is 18.8. The van der Waals surface area contributed by atoms with E-state index in [2.05, 4.69) is 57.7 Å². The van der Waals surface area contributed by atoms with Gasteiger partial charge in [-0.15, -0.1) is 5.10 Å². The van der Waals surface area contributed by atoms with Crippen LogP contribution in [0.25, 0.3) is 5.57 Å². The zero-order valence-electron chi connectivity index (χ0n) is 15.7. The van der Waals surface area contributed by atoms with Crippen LogP contribution in [-0.4, -0.2) is 39.2 Å². The molecule has 1 atom stereocenters. The maximum absolute atomic E-state index is 5.20. The van der Waals surface area contributed by atoms with Gasteiger partial charge in [-0.25, -0.2) is 9.97 Å². The topological polar surface area (TPSA) is 80.0 Å². The molecule has 0 aliphatic heterocycles. The highest BCUT2D eigenvalue weighted by Gasteiger charge is 2.21. The van der Waals surface area contributed by atoms with Gasteiger partial charge in [0, 0.05) is 18.2 Å². The summed E-state index contributed by atoms with van der Waals surface area (Å²) in [6.45, 7) is 2.96. The quantitative estimate of drug-likeness (QED) is 0.743. The average molecular weight is 362 g/mol. The van der Waals surface area contributed by atoms with Gasteiger partial charge in [0.1, 0.15) is 5.82 Å². The van der Waals surface area contributed by atoms with Crippen molar-refractivity contribution in [2.75, 3.05) is 19.4 Å². The number of nitrogens with zero attached hydrogens (tertiary/aromatic N) is 5. The fourth-order valence-electron chi connectivity index (χ4n) is 3.34. The Kier molecular flexibility index (Phi) is 4.68. The third-order valence-electron chi connectivity index (χ3n) is 4.55. The largest absolute Gasteiger partial charge is 0.411 e. The third kappa shape index (κ3) is 3.73. The van der Waals surface area contributed by atoms with E-state index >= 15 is 0 Å². The Labute approximate surface area is 158 Å². The molecule has 2 heterocycles. The van der Waals surface area contributed by atoms with Crippen LogP contribution in [0.5, 0.6) is 0 Å². The van der Waals surface area contributed by atoms with Crippen molar-refractivity contribution in [3.05, 3.63) is 65.4 Å². The molecule has 1 aliphatic rings. The van der Waals surface area contributed by atoms with Gasteiger partial charge in [-0.2, -0.15) is 0 Å². The molecule has 0 radical (unpaired) electrons. The molecular weight excluding hydrogens is 340 g/mol. The Morgan fingerprint density at radius 2 is 2.07 bits per heavy atom. The van der Waals surface area contributed by atoms with Gasteiger partial charge in [0.2, 0.25) is 6.39 Å². The number of hydrogen-bond acceptors (Lipinski definition) is 7. The molecule has 7 heteroatoms. The summed E-state index contributed by atoms with van der Waals surface area (Å²) in [6.07, 6.45) is 4.49. The molecule has 138 valence electrons. The van der Waals surface area contributed by atoms with Gasteiger partial charge >= 0.3 is 6.01 Å². The van der Waals surface area contributed by atoms with E-state index in [1.807, 2.05) is 20.2 Å². The van der Waals surface area contributed by atoms with E-state index in [1.54, 1.807) is 0 Å². The van der Waals surface area contributed by atoms with Crippen molar-refractivity contribution in [3.8, 4) is 0 Å². The predicted molar refractivity (Wildman–Crippen MR) is 104 cm³/mol. The van der Waals surface area contributed by atoms with Crippen LogP contribution in [-0.2, 0) is 6.54 Å². The normalized spacial score (nSPS) is 16.1. The number of allylic oxidation sites excluding steroid dienone is 1. The molecule has 0 spiro atoms. The molecule has 1 N–H and O–H groups in total. The first-order chi connectivity index (χ1) is 13.1. The molecule has 4 rings (SSSR count). The zero-order valence-corrected chi connectivity index (χ0v) is 15.7. The highest BCUT2D eigenvalue weighted by atomic mass is 16.4. The van der Waals surface area contributed by atoms with Crippen molar-refractivity contribution < 1.29 is 4.42 Å². The van der Waals surface area contributed by atoms with E-state index in [9.17, 15) is 0 Å². The summed E-state index contributed by atoms with van der Waals surface area (Å²) in [7, 11) is 4.04. The van der Waals surface area contributed by atoms with Crippen molar-refractivity contribution in [1.82, 2.24) is 25.1 Å². The first-order valence-corrected chi connectivity index (χ1v) is 8.96. The molecule has 1 aliphatic carbocycles. The average Bonchev–Trinajstić information content (AvgIpc) is 3.14. The summed E-state index contributed by atoms with van der Waals surface area (Å²) in [5.41, 5.74) is 4.52. The SMILES string of the molecule is CC1CC=C(c2nc(CN(C)C)cc(Nc3nnco3)n2)c2ccccc21. The van der Waals surface area contributed by atoms with E-state index in [4.69, 9.17) is 14.4 Å². The number of benzene rings is 1. The number of rotatable bonds is 5. The molecule has 27 heavy (non-hydrogen) atoms. The van der Waals surface area contributed by atoms with E-state index in [-0.39, 0.29) is 0 Å². The standard InChI is InChI=1S/C20H22N6O/c1-13-8-9-17(16-7-5-4-6-15(13)16)19-22-14(11-26(2)3)10-18(23-19)24-20-25-21-12-27-20/h4-7,9-10,12-13H,8,11H2,1-3H3,(H,22,23,24,25). The Morgan fingerprint density at radius 1 is 1.22 bits per heavy atom. The van der Waals surface area contributed by atoms with Crippen LogP contribution in [0.3, 0.4) is 0 Å². The Bertz CT molecular complexity index is 964. The fraction of sp³-hybridized carbons (Fsp3) is 0.300. The van der Waals surface area contributed by atoms with Crippen LogP contribution in [0.2, 0.25) is 0 Å². The Balaban J connectivity index is 1.77. The summed E-state index contributed by atoms with van der Waals surface area (Å²) in [4.78, 5) is 11.6. The van der Waals surface area contributed by atoms with E-state index in [0.717, 1.165) is 17.7 Å². The van der Waals surface area contributed by atoms with E-state index in [1.165, 1.54) is 17.5 Å². The van der Waals surface area contributed by atoms with Crippen LogP contribution in [0, 0.1) is 0 Å². The van der Waals surface area contributed by atoms with Crippen LogP contribution in [0.15, 0.2) is 47.2 Å². The van der Waals surface area contributed by atoms with Crippen LogP contribution < -0.4 is 5.32 Å². The highest BCUT2D eigenvalue weighted by Crippen LogP contribution is 2.36. The first kappa shape index (κ1) is 17.4. The lowest BCUT2D eigenvalue weighted by molar-refractivity contribution is 0.396. The van der Waals surface area contributed by atoms with Crippen molar-refractivity contribution in [1.29, 1.82) is 0 Å². The molecule has 1 aromatic carbocycles. The van der Waals surface area contributed by atoms with Gasteiger partial charge < -0.3 is 9.32 Å². The second kappa shape index (κ2) is 7.28. The second-order valence-corrected chi connectivity index (χ2v) is 7.02. The van der Waals surface area contributed by atoms with Crippen LogP contribution in [0.1, 0.15) is 41.9 Å². The van der Waals surface area contributed by atoms with Crippen LogP contribution in [0.4, 0.5) is 11.8 Å². The number of fused-ring (bicyclic) bond motifs is 1. The smallest absolute Gasteiger partial charge is 0.321 e. The van der Waals surface area contributed by atoms with Gasteiger partial charge in [-0.1, -0.05) is 42.4 Å². The molecule has 3 aromatic rings. The number of hydrogen-bond donors (Lipinski definition) is 1.